The first kappa shape index (κ1) is 11.5. The van der Waals surface area contributed by atoms with E-state index in [1.54, 1.807) is 0 Å². The number of aliphatic carboxylic acids is 1. The van der Waals surface area contributed by atoms with Gasteiger partial charge in [0.2, 0.25) is 0 Å². The topological polar surface area (TPSA) is 94.8 Å². The van der Waals surface area contributed by atoms with Crippen LogP contribution in [0.25, 0.3) is 0 Å². The van der Waals surface area contributed by atoms with Crippen molar-refractivity contribution in [3.05, 3.63) is 23.5 Å². The molecule has 0 spiro atoms. The van der Waals surface area contributed by atoms with Crippen molar-refractivity contribution in [3.8, 4) is 0 Å². The maximum absolute atomic E-state index is 11.0. The Morgan fingerprint density at radius 1 is 1.47 bits per heavy atom. The molecular formula is C10H12O5. The maximum atomic E-state index is 11.0. The van der Waals surface area contributed by atoms with Crippen molar-refractivity contribution in [2.75, 3.05) is 0 Å². The van der Waals surface area contributed by atoms with Crippen molar-refractivity contribution in [1.29, 1.82) is 0 Å². The molecule has 0 fully saturated rings. The van der Waals surface area contributed by atoms with E-state index >= 15 is 0 Å². The number of hydrogen-bond acceptors (Lipinski definition) is 4. The number of Topliss-reactive ketones (excluding diaryl/α,β-unsaturated/α-hetero) is 1. The molecule has 5 nitrogen and oxygen atoms in total. The minimum atomic E-state index is -1.69. The van der Waals surface area contributed by atoms with Crippen LogP contribution in [0.5, 0.6) is 0 Å². The average molecular weight is 212 g/mol. The van der Waals surface area contributed by atoms with Crippen LogP contribution in [-0.4, -0.2) is 32.7 Å². The summed E-state index contributed by atoms with van der Waals surface area (Å²) in [6.45, 7) is 2.48. The fourth-order valence-corrected chi connectivity index (χ4v) is 1.48. The van der Waals surface area contributed by atoms with Crippen molar-refractivity contribution in [3.63, 3.8) is 0 Å². The average Bonchev–Trinajstić information content (AvgIpc) is 1.99. The van der Waals surface area contributed by atoms with Gasteiger partial charge < -0.3 is 15.3 Å². The van der Waals surface area contributed by atoms with Crippen molar-refractivity contribution in [2.45, 2.75) is 19.4 Å². The van der Waals surface area contributed by atoms with Gasteiger partial charge in [-0.15, -0.1) is 0 Å². The zero-order valence-corrected chi connectivity index (χ0v) is 8.39. The van der Waals surface area contributed by atoms with Gasteiger partial charge in [0.1, 0.15) is 17.3 Å². The fraction of sp³-hybridized carbons (Fsp3) is 0.400. The third kappa shape index (κ3) is 2.07. The van der Waals surface area contributed by atoms with E-state index in [4.69, 9.17) is 5.11 Å². The Balaban J connectivity index is 3.21. The lowest BCUT2D eigenvalue weighted by Gasteiger charge is -2.29. The Labute approximate surface area is 86.3 Å². The lowest BCUT2D eigenvalue weighted by Crippen LogP contribution is -2.39. The zero-order valence-electron chi connectivity index (χ0n) is 8.39. The molecule has 0 radical (unpaired) electrons. The van der Waals surface area contributed by atoms with E-state index in [0.717, 1.165) is 12.2 Å². The van der Waals surface area contributed by atoms with Gasteiger partial charge in [-0.05, 0) is 19.9 Å². The lowest BCUT2D eigenvalue weighted by atomic mass is 9.81. The second-order valence-corrected chi connectivity index (χ2v) is 3.71. The highest BCUT2D eigenvalue weighted by atomic mass is 16.4. The van der Waals surface area contributed by atoms with Gasteiger partial charge in [0.15, 0.2) is 5.78 Å². The summed E-state index contributed by atoms with van der Waals surface area (Å²) in [6, 6.07) is 0. The lowest BCUT2D eigenvalue weighted by molar-refractivity contribution is -0.145. The predicted octanol–water partition coefficient (Wildman–Crippen LogP) is 0.409. The monoisotopic (exact) mass is 212 g/mol. The smallest absolute Gasteiger partial charge is 0.313 e. The van der Waals surface area contributed by atoms with Gasteiger partial charge in [0.25, 0.3) is 0 Å². The molecule has 82 valence electrons. The third-order valence-electron chi connectivity index (χ3n) is 2.31. The number of aliphatic hydroxyl groups excluding tert-OH is 1. The molecular weight excluding hydrogens is 200 g/mol. The van der Waals surface area contributed by atoms with E-state index in [9.17, 15) is 19.8 Å². The summed E-state index contributed by atoms with van der Waals surface area (Å²) in [5.74, 6) is -3.30. The predicted molar refractivity (Wildman–Crippen MR) is 51.2 cm³/mol. The summed E-state index contributed by atoms with van der Waals surface area (Å²) < 4.78 is 0. The normalized spacial score (nSPS) is 30.5. The number of carbonyl (C=O) groups excluding carboxylic acids is 1. The number of rotatable bonds is 2. The van der Waals surface area contributed by atoms with Crippen molar-refractivity contribution in [1.82, 2.24) is 0 Å². The number of carboxylic acid groups (broad SMARTS) is 1. The van der Waals surface area contributed by atoms with Crippen LogP contribution in [0.15, 0.2) is 23.5 Å². The number of carbonyl (C=O) groups is 2. The van der Waals surface area contributed by atoms with Crippen molar-refractivity contribution >= 4 is 11.8 Å². The summed E-state index contributed by atoms with van der Waals surface area (Å²) in [5, 5.41) is 27.9. The van der Waals surface area contributed by atoms with Gasteiger partial charge in [-0.25, -0.2) is 0 Å². The molecule has 0 aromatic carbocycles. The van der Waals surface area contributed by atoms with Crippen LogP contribution >= 0.6 is 0 Å². The van der Waals surface area contributed by atoms with E-state index in [0.29, 0.717) is 0 Å². The van der Waals surface area contributed by atoms with Gasteiger partial charge in [0.05, 0.1) is 5.57 Å². The SMILES string of the molecule is CC(=O)C1=CC(C(=O)O)C(C)(O)C=C1O. The van der Waals surface area contributed by atoms with Crippen LogP contribution < -0.4 is 0 Å². The van der Waals surface area contributed by atoms with Gasteiger partial charge in [-0.2, -0.15) is 0 Å². The largest absolute Gasteiger partial charge is 0.507 e. The minimum absolute atomic E-state index is 0.0751. The zero-order chi connectivity index (χ0) is 11.8. The van der Waals surface area contributed by atoms with Crippen molar-refractivity contribution < 1.29 is 24.9 Å². The summed E-state index contributed by atoms with van der Waals surface area (Å²) in [4.78, 5) is 21.9. The molecule has 2 unspecified atom stereocenters. The van der Waals surface area contributed by atoms with Gasteiger partial charge in [-0.3, -0.25) is 9.59 Å². The van der Waals surface area contributed by atoms with Crippen LogP contribution in [0.2, 0.25) is 0 Å². The van der Waals surface area contributed by atoms with E-state index in [-0.39, 0.29) is 11.3 Å². The number of allylic oxidation sites excluding steroid dienone is 1. The maximum Gasteiger partial charge on any atom is 0.313 e. The van der Waals surface area contributed by atoms with Crippen LogP contribution in [0, 0.1) is 5.92 Å². The molecule has 0 amide bonds. The highest BCUT2D eigenvalue weighted by Gasteiger charge is 2.39. The minimum Gasteiger partial charge on any atom is -0.507 e. The molecule has 1 aliphatic carbocycles. The molecule has 0 aromatic heterocycles. The highest BCUT2D eigenvalue weighted by Crippen LogP contribution is 2.30. The Kier molecular flexibility index (Phi) is 2.68. The molecule has 0 aromatic rings. The highest BCUT2D eigenvalue weighted by molar-refractivity contribution is 5.98. The van der Waals surface area contributed by atoms with E-state index in [2.05, 4.69) is 0 Å². The molecule has 5 heteroatoms. The van der Waals surface area contributed by atoms with Crippen molar-refractivity contribution in [2.24, 2.45) is 5.92 Å². The number of ketones is 1. The standard InChI is InChI=1S/C10H12O5/c1-5(11)6-3-7(9(13)14)10(2,15)4-8(6)12/h3-4,7,12,15H,1-2H3,(H,13,14). The molecule has 0 heterocycles. The second-order valence-electron chi connectivity index (χ2n) is 3.71. The summed E-state index contributed by atoms with van der Waals surface area (Å²) >= 11 is 0. The molecule has 1 rings (SSSR count). The van der Waals surface area contributed by atoms with Gasteiger partial charge >= 0.3 is 5.97 Å². The second kappa shape index (κ2) is 3.51. The van der Waals surface area contributed by atoms with Gasteiger partial charge in [0, 0.05) is 0 Å². The molecule has 1 aliphatic rings. The van der Waals surface area contributed by atoms with Gasteiger partial charge in [-0.1, -0.05) is 6.08 Å². The summed E-state index contributed by atoms with van der Waals surface area (Å²) in [6.07, 6.45) is 2.04. The Morgan fingerprint density at radius 3 is 2.40 bits per heavy atom. The first-order chi connectivity index (χ1) is 6.75. The Hall–Kier alpha value is -1.62. The molecule has 0 saturated heterocycles. The molecule has 15 heavy (non-hydrogen) atoms. The molecule has 0 saturated carbocycles. The van der Waals surface area contributed by atoms with Crippen LogP contribution in [0.3, 0.4) is 0 Å². The van der Waals surface area contributed by atoms with E-state index in [1.807, 2.05) is 0 Å². The summed E-state index contributed by atoms with van der Waals surface area (Å²) in [7, 11) is 0. The van der Waals surface area contributed by atoms with Crippen LogP contribution in [0.1, 0.15) is 13.8 Å². The van der Waals surface area contributed by atoms with E-state index < -0.39 is 23.3 Å². The molecule has 2 atom stereocenters. The number of carboxylic acids is 1. The number of aliphatic hydroxyl groups is 2. The molecule has 0 aliphatic heterocycles. The van der Waals surface area contributed by atoms with Crippen LogP contribution in [-0.2, 0) is 9.59 Å². The first-order valence-corrected chi connectivity index (χ1v) is 4.36. The third-order valence-corrected chi connectivity index (χ3v) is 2.31. The Morgan fingerprint density at radius 2 is 2.00 bits per heavy atom. The number of hydrogen-bond donors (Lipinski definition) is 3. The summed E-state index contributed by atoms with van der Waals surface area (Å²) in [5.41, 5.74) is -1.76. The Bertz CT molecular complexity index is 375. The molecule has 3 N–H and O–H groups in total. The van der Waals surface area contributed by atoms with E-state index in [1.165, 1.54) is 13.8 Å². The first-order valence-electron chi connectivity index (χ1n) is 4.36. The molecule has 0 bridgehead atoms. The van der Waals surface area contributed by atoms with Crippen LogP contribution in [0.4, 0.5) is 0 Å². The fourth-order valence-electron chi connectivity index (χ4n) is 1.48. The quantitative estimate of drug-likeness (QED) is 0.616.